The molecule has 90 valence electrons. The number of carbonyl (C=O) groups is 1. The molecule has 0 aromatic heterocycles. The van der Waals surface area contributed by atoms with Crippen LogP contribution in [-0.4, -0.2) is 17.5 Å². The Morgan fingerprint density at radius 3 is 2.82 bits per heavy atom. The highest BCUT2D eigenvalue weighted by atomic mass is 19.1. The second-order valence-corrected chi connectivity index (χ2v) is 3.97. The molecule has 0 radical (unpaired) electrons. The molecule has 1 aliphatic rings. The number of ether oxygens (including phenoxy) is 1. The molecule has 0 spiro atoms. The highest BCUT2D eigenvalue weighted by Gasteiger charge is 2.24. The average molecular weight is 239 g/mol. The van der Waals surface area contributed by atoms with Gasteiger partial charge in [0.2, 0.25) is 5.82 Å². The maximum Gasteiger partial charge on any atom is 0.338 e. The minimum atomic E-state index is -0.964. The Labute approximate surface area is 96.3 Å². The van der Waals surface area contributed by atoms with Crippen molar-refractivity contribution in [3.05, 3.63) is 39.7 Å². The number of benzene rings is 1. The molecular weight excluding hydrogens is 229 g/mol. The Balaban J connectivity index is 2.11. The molecule has 1 aromatic rings. The first kappa shape index (κ1) is 11.5. The molecule has 1 fully saturated rings. The molecule has 0 unspecified atom stereocenters. The third kappa shape index (κ3) is 2.77. The van der Waals surface area contributed by atoms with Crippen molar-refractivity contribution in [2.75, 3.05) is 6.61 Å². The Kier molecular flexibility index (Phi) is 3.03. The molecule has 0 atom stereocenters. The Bertz CT molecular complexity index is 471. The van der Waals surface area contributed by atoms with E-state index in [0.29, 0.717) is 12.5 Å². The van der Waals surface area contributed by atoms with Gasteiger partial charge in [-0.15, -0.1) is 0 Å². The van der Waals surface area contributed by atoms with Gasteiger partial charge in [-0.3, -0.25) is 10.1 Å². The maximum atomic E-state index is 13.0. The van der Waals surface area contributed by atoms with Crippen LogP contribution in [0.5, 0.6) is 0 Å². The first-order chi connectivity index (χ1) is 8.08. The van der Waals surface area contributed by atoms with Crippen molar-refractivity contribution in [3.8, 4) is 0 Å². The van der Waals surface area contributed by atoms with Gasteiger partial charge in [0, 0.05) is 6.07 Å². The number of halogens is 1. The fraction of sp³-hybridized carbons (Fsp3) is 0.364. The number of nitro groups is 1. The lowest BCUT2D eigenvalue weighted by Crippen LogP contribution is -2.08. The van der Waals surface area contributed by atoms with Crippen LogP contribution in [0.3, 0.4) is 0 Å². The van der Waals surface area contributed by atoms with Crippen LogP contribution in [0.4, 0.5) is 10.1 Å². The van der Waals surface area contributed by atoms with Gasteiger partial charge in [-0.2, -0.15) is 4.39 Å². The Morgan fingerprint density at radius 1 is 1.53 bits per heavy atom. The molecule has 1 saturated carbocycles. The van der Waals surface area contributed by atoms with Gasteiger partial charge in [-0.05, 0) is 30.9 Å². The minimum absolute atomic E-state index is 0.00116. The van der Waals surface area contributed by atoms with Crippen molar-refractivity contribution < 1.29 is 18.8 Å². The van der Waals surface area contributed by atoms with E-state index < -0.39 is 22.4 Å². The molecule has 2 rings (SSSR count). The zero-order valence-corrected chi connectivity index (χ0v) is 8.89. The molecule has 0 aliphatic heterocycles. The van der Waals surface area contributed by atoms with Crippen LogP contribution >= 0.6 is 0 Å². The van der Waals surface area contributed by atoms with Crippen LogP contribution in [0.2, 0.25) is 0 Å². The molecule has 0 saturated heterocycles. The molecule has 6 heteroatoms. The zero-order valence-electron chi connectivity index (χ0n) is 8.89. The molecule has 0 heterocycles. The van der Waals surface area contributed by atoms with Crippen molar-refractivity contribution in [1.29, 1.82) is 0 Å². The molecule has 5 nitrogen and oxygen atoms in total. The van der Waals surface area contributed by atoms with Gasteiger partial charge in [-0.1, -0.05) is 0 Å². The fourth-order valence-corrected chi connectivity index (χ4v) is 1.34. The van der Waals surface area contributed by atoms with Crippen molar-refractivity contribution in [1.82, 2.24) is 0 Å². The summed E-state index contributed by atoms with van der Waals surface area (Å²) in [4.78, 5) is 21.1. The van der Waals surface area contributed by atoms with Gasteiger partial charge in [-0.25, -0.2) is 4.79 Å². The van der Waals surface area contributed by atoms with Crippen molar-refractivity contribution in [2.24, 2.45) is 5.92 Å². The SMILES string of the molecule is O=C(OCC1CC1)c1ccc(F)c([N+](=O)[O-])c1. The highest BCUT2D eigenvalue weighted by Crippen LogP contribution is 2.29. The van der Waals surface area contributed by atoms with Crippen molar-refractivity contribution >= 4 is 11.7 Å². The summed E-state index contributed by atoms with van der Waals surface area (Å²) >= 11 is 0. The first-order valence-electron chi connectivity index (χ1n) is 5.19. The van der Waals surface area contributed by atoms with E-state index in [1.54, 1.807) is 0 Å². The van der Waals surface area contributed by atoms with Crippen LogP contribution in [0.15, 0.2) is 18.2 Å². The molecule has 0 bridgehead atoms. The predicted octanol–water partition coefficient (Wildman–Crippen LogP) is 2.30. The van der Waals surface area contributed by atoms with E-state index in [4.69, 9.17) is 4.74 Å². The lowest BCUT2D eigenvalue weighted by Gasteiger charge is -2.03. The molecule has 1 aliphatic carbocycles. The van der Waals surface area contributed by atoms with E-state index in [-0.39, 0.29) is 5.56 Å². The lowest BCUT2D eigenvalue weighted by molar-refractivity contribution is -0.387. The summed E-state index contributed by atoms with van der Waals surface area (Å²) in [6, 6.07) is 2.97. The van der Waals surface area contributed by atoms with Crippen LogP contribution < -0.4 is 0 Å². The van der Waals surface area contributed by atoms with E-state index in [1.165, 1.54) is 6.07 Å². The predicted molar refractivity (Wildman–Crippen MR) is 56.1 cm³/mol. The van der Waals surface area contributed by atoms with Gasteiger partial charge in [0.15, 0.2) is 0 Å². The second-order valence-electron chi connectivity index (χ2n) is 3.97. The summed E-state index contributed by atoms with van der Waals surface area (Å²) in [5, 5.41) is 10.5. The van der Waals surface area contributed by atoms with Gasteiger partial charge >= 0.3 is 11.7 Å². The number of esters is 1. The molecule has 17 heavy (non-hydrogen) atoms. The van der Waals surface area contributed by atoms with E-state index in [1.807, 2.05) is 0 Å². The number of nitrogens with zero attached hydrogens (tertiary/aromatic N) is 1. The summed E-state index contributed by atoms with van der Waals surface area (Å²) in [7, 11) is 0. The topological polar surface area (TPSA) is 69.4 Å². The van der Waals surface area contributed by atoms with Gasteiger partial charge in [0.1, 0.15) is 0 Å². The number of carbonyl (C=O) groups excluding carboxylic acids is 1. The van der Waals surface area contributed by atoms with E-state index in [9.17, 15) is 19.3 Å². The molecule has 0 amide bonds. The lowest BCUT2D eigenvalue weighted by atomic mass is 10.2. The standard InChI is InChI=1S/C11H10FNO4/c12-9-4-3-8(5-10(9)13(15)16)11(14)17-6-7-1-2-7/h3-5,7H,1-2,6H2. The van der Waals surface area contributed by atoms with Crippen LogP contribution in [0, 0.1) is 21.8 Å². The normalized spacial score (nSPS) is 14.4. The minimum Gasteiger partial charge on any atom is -0.462 e. The quantitative estimate of drug-likeness (QED) is 0.459. The van der Waals surface area contributed by atoms with Crippen LogP contribution in [-0.2, 0) is 4.74 Å². The van der Waals surface area contributed by atoms with Gasteiger partial charge in [0.05, 0.1) is 17.1 Å². The second kappa shape index (κ2) is 4.48. The summed E-state index contributed by atoms with van der Waals surface area (Å²) in [5.74, 6) is -1.21. The number of nitro benzene ring substituents is 1. The number of hydrogen-bond acceptors (Lipinski definition) is 4. The third-order valence-electron chi connectivity index (χ3n) is 2.53. The van der Waals surface area contributed by atoms with E-state index in [0.717, 1.165) is 25.0 Å². The molecule has 1 aromatic carbocycles. The summed E-state index contributed by atoms with van der Waals surface area (Å²) in [5.41, 5.74) is -0.718. The van der Waals surface area contributed by atoms with Crippen LogP contribution in [0.25, 0.3) is 0 Å². The maximum absolute atomic E-state index is 13.0. The average Bonchev–Trinajstić information content (AvgIpc) is 3.10. The van der Waals surface area contributed by atoms with E-state index >= 15 is 0 Å². The van der Waals surface area contributed by atoms with Gasteiger partial charge in [0.25, 0.3) is 0 Å². The van der Waals surface area contributed by atoms with Crippen molar-refractivity contribution in [3.63, 3.8) is 0 Å². The van der Waals surface area contributed by atoms with Crippen molar-refractivity contribution in [2.45, 2.75) is 12.8 Å². The van der Waals surface area contributed by atoms with Crippen LogP contribution in [0.1, 0.15) is 23.2 Å². The first-order valence-corrected chi connectivity index (χ1v) is 5.19. The monoisotopic (exact) mass is 239 g/mol. The van der Waals surface area contributed by atoms with E-state index in [2.05, 4.69) is 0 Å². The molecule has 0 N–H and O–H groups in total. The smallest absolute Gasteiger partial charge is 0.338 e. The third-order valence-corrected chi connectivity index (χ3v) is 2.53. The Hall–Kier alpha value is -1.98. The molecular formula is C11H10FNO4. The van der Waals surface area contributed by atoms with Gasteiger partial charge < -0.3 is 4.74 Å². The zero-order chi connectivity index (χ0) is 12.4. The number of hydrogen-bond donors (Lipinski definition) is 0. The summed E-state index contributed by atoms with van der Waals surface area (Å²) < 4.78 is 18.0. The number of rotatable bonds is 4. The fourth-order valence-electron chi connectivity index (χ4n) is 1.34. The largest absolute Gasteiger partial charge is 0.462 e. The Morgan fingerprint density at radius 2 is 2.24 bits per heavy atom. The highest BCUT2D eigenvalue weighted by molar-refractivity contribution is 5.90. The summed E-state index contributed by atoms with van der Waals surface area (Å²) in [6.45, 7) is 0.323. The summed E-state index contributed by atoms with van der Waals surface area (Å²) in [6.07, 6.45) is 2.08.